The van der Waals surface area contributed by atoms with Gasteiger partial charge in [0, 0.05) is 29.3 Å². The minimum atomic E-state index is -1.37. The highest BCUT2D eigenvalue weighted by Crippen LogP contribution is 2.70. The lowest BCUT2D eigenvalue weighted by Crippen LogP contribution is -2.60. The second kappa shape index (κ2) is 9.77. The Morgan fingerprint density at radius 2 is 1.45 bits per heavy atom. The summed E-state index contributed by atoms with van der Waals surface area (Å²) >= 11 is 13.5. The number of hydrogen-bond donors (Lipinski definition) is 1. The van der Waals surface area contributed by atoms with Crippen molar-refractivity contribution >= 4 is 46.3 Å². The zero-order chi connectivity index (χ0) is 30.3. The molecule has 0 radical (unpaired) electrons. The number of nitrogens with zero attached hydrogens (tertiary/aromatic N) is 2. The highest BCUT2D eigenvalue weighted by Gasteiger charge is 2.80. The third-order valence-electron chi connectivity index (χ3n) is 10.4. The van der Waals surface area contributed by atoms with Crippen LogP contribution in [0.2, 0.25) is 10.0 Å². The zero-order valence-electron chi connectivity index (χ0n) is 24.0. The van der Waals surface area contributed by atoms with Crippen molar-refractivity contribution in [2.75, 3.05) is 18.9 Å². The van der Waals surface area contributed by atoms with Crippen molar-refractivity contribution in [3.8, 4) is 0 Å². The van der Waals surface area contributed by atoms with Crippen LogP contribution in [-0.2, 0) is 20.0 Å². The molecule has 3 spiro atoms. The fourth-order valence-electron chi connectivity index (χ4n) is 8.79. The van der Waals surface area contributed by atoms with E-state index in [0.717, 1.165) is 22.4 Å². The minimum Gasteiger partial charge on any atom is -0.380 e. The van der Waals surface area contributed by atoms with E-state index < -0.39 is 22.5 Å². The van der Waals surface area contributed by atoms with Crippen LogP contribution >= 0.6 is 23.2 Å². The second-order valence-corrected chi connectivity index (χ2v) is 13.1. The molecular weight excluding hydrogens is 593 g/mol. The molecule has 3 aliphatic heterocycles. The van der Waals surface area contributed by atoms with Crippen LogP contribution < -0.4 is 5.32 Å². The molecular formula is C36H29Cl2N3O3. The number of fused-ring (bicyclic) bond motifs is 3. The molecule has 1 amide bonds. The van der Waals surface area contributed by atoms with E-state index in [0.29, 0.717) is 40.7 Å². The van der Waals surface area contributed by atoms with Gasteiger partial charge >= 0.3 is 0 Å². The van der Waals surface area contributed by atoms with E-state index in [1.165, 1.54) is 0 Å². The standard InChI is InChI=1S/C36H29Cl2N3O3/c1-41-21-25(22-11-4-2-5-12-22)34(36(41)24-15-8-9-18-28(24)39-33(36)43)19-20-35(32(34)42)30(23-13-6-3-7-14-23)31(40-44-35)29-26(37)16-10-17-27(29)38/h2-18,25,30H,19-21H2,1H3,(H,39,43)/t25-,30-,34+,35+,36-/m0/s1. The molecule has 220 valence electrons. The zero-order valence-corrected chi connectivity index (χ0v) is 25.5. The van der Waals surface area contributed by atoms with Gasteiger partial charge in [-0.25, -0.2) is 0 Å². The Hall–Kier alpha value is -3.97. The summed E-state index contributed by atoms with van der Waals surface area (Å²) in [6, 6.07) is 32.9. The van der Waals surface area contributed by atoms with Gasteiger partial charge in [0.05, 0.1) is 21.4 Å². The van der Waals surface area contributed by atoms with Crippen LogP contribution in [0.5, 0.6) is 0 Å². The van der Waals surface area contributed by atoms with Crippen LogP contribution in [0.15, 0.2) is 108 Å². The first-order valence-corrected chi connectivity index (χ1v) is 15.6. The maximum absolute atomic E-state index is 15.9. The van der Waals surface area contributed by atoms with Crippen molar-refractivity contribution in [1.82, 2.24) is 4.90 Å². The number of benzene rings is 4. The van der Waals surface area contributed by atoms with Gasteiger partial charge in [0.25, 0.3) is 5.91 Å². The summed E-state index contributed by atoms with van der Waals surface area (Å²) in [5.41, 5.74) is 0.757. The maximum atomic E-state index is 15.9. The molecule has 44 heavy (non-hydrogen) atoms. The number of halogens is 2. The van der Waals surface area contributed by atoms with Crippen LogP contribution in [0.25, 0.3) is 0 Å². The van der Waals surface area contributed by atoms with Crippen LogP contribution in [0.1, 0.15) is 46.9 Å². The fraction of sp³-hybridized carbons (Fsp3) is 0.250. The quantitative estimate of drug-likeness (QED) is 0.263. The van der Waals surface area contributed by atoms with E-state index in [9.17, 15) is 4.79 Å². The van der Waals surface area contributed by atoms with Gasteiger partial charge in [-0.05, 0) is 49.2 Å². The Morgan fingerprint density at radius 1 is 0.818 bits per heavy atom. The predicted molar refractivity (Wildman–Crippen MR) is 171 cm³/mol. The van der Waals surface area contributed by atoms with Gasteiger partial charge in [-0.1, -0.05) is 113 Å². The lowest BCUT2D eigenvalue weighted by Gasteiger charge is -2.44. The maximum Gasteiger partial charge on any atom is 0.250 e. The molecule has 4 aromatic rings. The molecule has 1 saturated heterocycles. The summed E-state index contributed by atoms with van der Waals surface area (Å²) < 4.78 is 0. The van der Waals surface area contributed by atoms with E-state index in [-0.39, 0.29) is 17.6 Å². The molecule has 4 aromatic carbocycles. The number of amides is 1. The number of oxime groups is 1. The first-order valence-electron chi connectivity index (χ1n) is 14.8. The van der Waals surface area contributed by atoms with Crippen LogP contribution in [0, 0.1) is 5.41 Å². The molecule has 2 fully saturated rings. The van der Waals surface area contributed by atoms with Gasteiger partial charge in [-0.15, -0.1) is 0 Å². The second-order valence-electron chi connectivity index (χ2n) is 12.3. The van der Waals surface area contributed by atoms with E-state index in [1.807, 2.05) is 79.8 Å². The molecule has 1 aliphatic carbocycles. The number of Topliss-reactive ketones (excluding diaryl/α,β-unsaturated/α-hetero) is 1. The summed E-state index contributed by atoms with van der Waals surface area (Å²) in [5.74, 6) is -1.17. The lowest BCUT2D eigenvalue weighted by atomic mass is 9.58. The Balaban J connectivity index is 1.38. The highest BCUT2D eigenvalue weighted by atomic mass is 35.5. The van der Waals surface area contributed by atoms with Crippen molar-refractivity contribution in [1.29, 1.82) is 0 Å². The number of carbonyl (C=O) groups excluding carboxylic acids is 2. The molecule has 5 atom stereocenters. The van der Waals surface area contributed by atoms with Crippen LogP contribution in [0.3, 0.4) is 0 Å². The summed E-state index contributed by atoms with van der Waals surface area (Å²) in [6.07, 6.45) is 0.800. The molecule has 1 saturated carbocycles. The molecule has 6 nitrogen and oxygen atoms in total. The molecule has 8 rings (SSSR count). The van der Waals surface area contributed by atoms with Crippen LogP contribution in [-0.4, -0.2) is 41.5 Å². The number of ketones is 1. The first-order chi connectivity index (χ1) is 21.4. The smallest absolute Gasteiger partial charge is 0.250 e. The van der Waals surface area contributed by atoms with Crippen molar-refractivity contribution in [3.05, 3.63) is 135 Å². The van der Waals surface area contributed by atoms with Gasteiger partial charge in [0.2, 0.25) is 5.60 Å². The molecule has 0 bridgehead atoms. The number of anilines is 1. The molecule has 0 aromatic heterocycles. The highest BCUT2D eigenvalue weighted by molar-refractivity contribution is 6.41. The summed E-state index contributed by atoms with van der Waals surface area (Å²) in [7, 11) is 1.96. The molecule has 3 heterocycles. The lowest BCUT2D eigenvalue weighted by molar-refractivity contribution is -0.154. The normalized spacial score (nSPS) is 30.7. The van der Waals surface area contributed by atoms with Gasteiger partial charge in [-0.2, -0.15) is 0 Å². The average molecular weight is 623 g/mol. The Morgan fingerprint density at radius 3 is 2.16 bits per heavy atom. The fourth-order valence-corrected chi connectivity index (χ4v) is 9.38. The number of likely N-dealkylation sites (tertiary alicyclic amines) is 1. The van der Waals surface area contributed by atoms with E-state index in [2.05, 4.69) is 27.5 Å². The Kier molecular flexibility index (Phi) is 6.12. The number of hydrogen-bond acceptors (Lipinski definition) is 5. The van der Waals surface area contributed by atoms with Crippen molar-refractivity contribution in [2.24, 2.45) is 10.6 Å². The largest absolute Gasteiger partial charge is 0.380 e. The number of carbonyl (C=O) groups is 2. The molecule has 0 unspecified atom stereocenters. The topological polar surface area (TPSA) is 71.0 Å². The van der Waals surface area contributed by atoms with Gasteiger partial charge in [0.15, 0.2) is 5.78 Å². The third kappa shape index (κ3) is 3.34. The van der Waals surface area contributed by atoms with Gasteiger partial charge in [-0.3, -0.25) is 14.5 Å². The Labute approximate surface area is 265 Å². The number of para-hydroxylation sites is 1. The average Bonchev–Trinajstić information content (AvgIpc) is 3.73. The van der Waals surface area contributed by atoms with E-state index >= 15 is 4.79 Å². The number of nitrogens with one attached hydrogen (secondary N) is 1. The summed E-state index contributed by atoms with van der Waals surface area (Å²) in [4.78, 5) is 38.9. The van der Waals surface area contributed by atoms with Gasteiger partial charge in [0.1, 0.15) is 11.3 Å². The van der Waals surface area contributed by atoms with Crippen LogP contribution in [0.4, 0.5) is 5.69 Å². The van der Waals surface area contributed by atoms with E-state index in [1.54, 1.807) is 18.2 Å². The number of likely N-dealkylation sites (N-methyl/N-ethyl adjacent to an activating group) is 1. The van der Waals surface area contributed by atoms with Gasteiger partial charge < -0.3 is 10.2 Å². The minimum absolute atomic E-state index is 0.120. The SMILES string of the molecule is CN1C[C@@H](c2ccccc2)[C@@]2(CC[C@]3(ON=C(c4c(Cl)cccc4Cl)[C@@H]3c3ccccc3)C2=O)[C@]12C(=O)Nc1ccccc12. The third-order valence-corrected chi connectivity index (χ3v) is 11.1. The molecule has 1 N–H and O–H groups in total. The monoisotopic (exact) mass is 621 g/mol. The first kappa shape index (κ1) is 27.6. The predicted octanol–water partition coefficient (Wildman–Crippen LogP) is 7.18. The van der Waals surface area contributed by atoms with Crippen molar-refractivity contribution in [3.63, 3.8) is 0 Å². The van der Waals surface area contributed by atoms with E-state index in [4.69, 9.17) is 28.0 Å². The van der Waals surface area contributed by atoms with Crippen molar-refractivity contribution < 1.29 is 14.4 Å². The van der Waals surface area contributed by atoms with Crippen molar-refractivity contribution in [2.45, 2.75) is 35.8 Å². The molecule has 4 aliphatic rings. The summed E-state index contributed by atoms with van der Waals surface area (Å²) in [5, 5.41) is 8.64. The Bertz CT molecular complexity index is 1840. The molecule has 8 heteroatoms. The summed E-state index contributed by atoms with van der Waals surface area (Å²) in [6.45, 7) is 0.521. The number of rotatable bonds is 3.